The third-order valence-electron chi connectivity index (χ3n) is 2.24. The number of β-lactam (4-membered cyclic amide) rings is 1. The van der Waals surface area contributed by atoms with Gasteiger partial charge in [-0.2, -0.15) is 0 Å². The zero-order valence-corrected chi connectivity index (χ0v) is 7.47. The van der Waals surface area contributed by atoms with E-state index in [2.05, 4.69) is 4.74 Å². The van der Waals surface area contributed by atoms with Gasteiger partial charge >= 0.3 is 5.97 Å². The molecule has 0 radical (unpaired) electrons. The Morgan fingerprint density at radius 1 is 1.79 bits per heavy atom. The molecule has 0 aromatic heterocycles. The Hall–Kier alpha value is -1.72. The van der Waals surface area contributed by atoms with Crippen LogP contribution < -0.4 is 0 Å². The molecule has 0 aromatic rings. The van der Waals surface area contributed by atoms with E-state index in [1.165, 1.54) is 18.3 Å². The predicted octanol–water partition coefficient (Wildman–Crippen LogP) is -0.484. The normalized spacial score (nSPS) is 32.2. The third-order valence-corrected chi connectivity index (χ3v) is 2.24. The van der Waals surface area contributed by atoms with Gasteiger partial charge in [-0.25, -0.2) is 4.79 Å². The van der Waals surface area contributed by atoms with Crippen molar-refractivity contribution in [3.05, 3.63) is 12.0 Å². The summed E-state index contributed by atoms with van der Waals surface area (Å²) in [5.74, 6) is -1.14. The van der Waals surface area contributed by atoms with Gasteiger partial charge in [0.1, 0.15) is 6.26 Å². The molecular formula is C8H9NO5. The number of aliphatic carboxylic acids is 1. The average Bonchev–Trinajstić information content (AvgIpc) is 2.39. The summed E-state index contributed by atoms with van der Waals surface area (Å²) in [5.41, 5.74) is 0. The fourth-order valence-electron chi connectivity index (χ4n) is 1.62. The fourth-order valence-corrected chi connectivity index (χ4v) is 1.62. The first-order valence-electron chi connectivity index (χ1n) is 4.08. The second-order valence-electron chi connectivity index (χ2n) is 3.07. The predicted molar refractivity (Wildman–Crippen MR) is 42.9 cm³/mol. The van der Waals surface area contributed by atoms with E-state index in [9.17, 15) is 9.59 Å². The lowest BCUT2D eigenvalue weighted by Crippen LogP contribution is -2.54. The van der Waals surface area contributed by atoms with Gasteiger partial charge in [0.2, 0.25) is 5.91 Å². The summed E-state index contributed by atoms with van der Waals surface area (Å²) in [6.07, 6.45) is 1.03. The van der Waals surface area contributed by atoms with Crippen molar-refractivity contribution in [3.63, 3.8) is 0 Å². The van der Waals surface area contributed by atoms with Gasteiger partial charge < -0.3 is 14.6 Å². The van der Waals surface area contributed by atoms with Crippen LogP contribution in [0.3, 0.4) is 0 Å². The second-order valence-corrected chi connectivity index (χ2v) is 3.07. The highest BCUT2D eigenvalue weighted by Crippen LogP contribution is 2.36. The number of nitrogens with zero attached hydrogens (tertiary/aromatic N) is 1. The lowest BCUT2D eigenvalue weighted by molar-refractivity contribution is -0.163. The molecule has 6 heteroatoms. The molecule has 2 unspecified atom stereocenters. The molecular weight excluding hydrogens is 190 g/mol. The van der Waals surface area contributed by atoms with Gasteiger partial charge in [-0.3, -0.25) is 9.69 Å². The van der Waals surface area contributed by atoms with Crippen LogP contribution >= 0.6 is 0 Å². The minimum absolute atomic E-state index is 0.177. The summed E-state index contributed by atoms with van der Waals surface area (Å²) in [5, 5.41) is 8.88. The lowest BCUT2D eigenvalue weighted by Gasteiger charge is -2.33. The van der Waals surface area contributed by atoms with Crippen LogP contribution in [-0.4, -0.2) is 41.3 Å². The van der Waals surface area contributed by atoms with E-state index >= 15 is 0 Å². The molecule has 2 heterocycles. The molecule has 0 aromatic carbocycles. The molecule has 76 valence electrons. The van der Waals surface area contributed by atoms with Gasteiger partial charge in [0.25, 0.3) is 0 Å². The van der Waals surface area contributed by atoms with Crippen molar-refractivity contribution in [1.82, 2.24) is 4.90 Å². The number of carbonyl (C=O) groups is 2. The molecule has 1 N–H and O–H groups in total. The highest BCUT2D eigenvalue weighted by molar-refractivity contribution is 5.91. The summed E-state index contributed by atoms with van der Waals surface area (Å²) < 4.78 is 9.88. The van der Waals surface area contributed by atoms with E-state index in [1.807, 2.05) is 0 Å². The molecule has 14 heavy (non-hydrogen) atoms. The van der Waals surface area contributed by atoms with Crippen LogP contribution in [0.4, 0.5) is 0 Å². The number of fused-ring (bicyclic) bond motifs is 1. The van der Waals surface area contributed by atoms with Crippen molar-refractivity contribution in [2.45, 2.75) is 18.7 Å². The van der Waals surface area contributed by atoms with Crippen molar-refractivity contribution >= 4 is 11.9 Å². The largest absolute Gasteiger partial charge is 0.501 e. The number of ether oxygens (including phenoxy) is 2. The maximum atomic E-state index is 11.1. The monoisotopic (exact) mass is 199 g/mol. The summed E-state index contributed by atoms with van der Waals surface area (Å²) in [6, 6.07) is -1.03. The number of hydrogen-bond acceptors (Lipinski definition) is 4. The Morgan fingerprint density at radius 2 is 2.50 bits per heavy atom. The topological polar surface area (TPSA) is 76.1 Å². The van der Waals surface area contributed by atoms with E-state index < -0.39 is 18.2 Å². The van der Waals surface area contributed by atoms with E-state index in [0.717, 1.165) is 0 Å². The molecule has 2 aliphatic rings. The summed E-state index contributed by atoms with van der Waals surface area (Å²) in [7, 11) is 1.40. The second kappa shape index (κ2) is 2.90. The molecule has 6 nitrogen and oxygen atoms in total. The van der Waals surface area contributed by atoms with Crippen LogP contribution in [0, 0.1) is 0 Å². The number of methoxy groups -OCH3 is 1. The van der Waals surface area contributed by atoms with Crippen LogP contribution in [0.2, 0.25) is 0 Å². The van der Waals surface area contributed by atoms with E-state index in [1.54, 1.807) is 0 Å². The highest BCUT2D eigenvalue weighted by atomic mass is 16.5. The Morgan fingerprint density at radius 3 is 3.00 bits per heavy atom. The molecule has 2 aliphatic heterocycles. The Balaban J connectivity index is 2.26. The van der Waals surface area contributed by atoms with Crippen LogP contribution in [-0.2, 0) is 19.1 Å². The smallest absolute Gasteiger partial charge is 0.334 e. The highest BCUT2D eigenvalue weighted by Gasteiger charge is 2.54. The van der Waals surface area contributed by atoms with Gasteiger partial charge in [0, 0.05) is 0 Å². The zero-order chi connectivity index (χ0) is 10.3. The van der Waals surface area contributed by atoms with Crippen LogP contribution in [0.5, 0.6) is 0 Å². The molecule has 1 amide bonds. The zero-order valence-electron chi connectivity index (χ0n) is 7.47. The lowest BCUT2D eigenvalue weighted by atomic mass is 10.1. The van der Waals surface area contributed by atoms with Gasteiger partial charge in [-0.1, -0.05) is 0 Å². The van der Waals surface area contributed by atoms with E-state index in [-0.39, 0.29) is 18.1 Å². The number of carboxylic acid groups (broad SMARTS) is 1. The fraction of sp³-hybridized carbons (Fsp3) is 0.500. The average molecular weight is 199 g/mol. The molecule has 2 atom stereocenters. The number of rotatable bonds is 2. The van der Waals surface area contributed by atoms with E-state index in [0.29, 0.717) is 0 Å². The summed E-state index contributed by atoms with van der Waals surface area (Å²) in [4.78, 5) is 23.1. The molecule has 2 fully saturated rings. The number of hydrogen-bond donors (Lipinski definition) is 1. The van der Waals surface area contributed by atoms with Gasteiger partial charge in [0.15, 0.2) is 18.0 Å². The minimum atomic E-state index is -1.11. The molecule has 2 saturated heterocycles. The van der Waals surface area contributed by atoms with E-state index in [4.69, 9.17) is 9.84 Å². The van der Waals surface area contributed by atoms with Crippen molar-refractivity contribution in [2.24, 2.45) is 0 Å². The van der Waals surface area contributed by atoms with Gasteiger partial charge in [-0.05, 0) is 0 Å². The van der Waals surface area contributed by atoms with Crippen molar-refractivity contribution < 1.29 is 24.2 Å². The van der Waals surface area contributed by atoms with Crippen LogP contribution in [0.15, 0.2) is 12.0 Å². The molecule has 0 bridgehead atoms. The molecule has 0 aliphatic carbocycles. The summed E-state index contributed by atoms with van der Waals surface area (Å²) >= 11 is 0. The maximum absolute atomic E-state index is 11.1. The Kier molecular flexibility index (Phi) is 1.83. The molecule has 0 spiro atoms. The third kappa shape index (κ3) is 1.03. The van der Waals surface area contributed by atoms with Crippen LogP contribution in [0.25, 0.3) is 0 Å². The van der Waals surface area contributed by atoms with Crippen molar-refractivity contribution in [3.8, 4) is 0 Å². The Bertz CT molecular complexity index is 324. The maximum Gasteiger partial charge on any atom is 0.334 e. The van der Waals surface area contributed by atoms with Crippen molar-refractivity contribution in [1.29, 1.82) is 0 Å². The SMILES string of the molecule is CO/C=C1/OC2CC(=O)N2C1C(=O)O. The quantitative estimate of drug-likeness (QED) is 0.480. The summed E-state index contributed by atoms with van der Waals surface area (Å²) in [6.45, 7) is 0. The molecule has 2 rings (SSSR count). The first-order valence-corrected chi connectivity index (χ1v) is 4.08. The minimum Gasteiger partial charge on any atom is -0.501 e. The molecule has 0 saturated carbocycles. The van der Waals surface area contributed by atoms with Crippen molar-refractivity contribution in [2.75, 3.05) is 7.11 Å². The van der Waals surface area contributed by atoms with Gasteiger partial charge in [0.05, 0.1) is 13.5 Å². The first kappa shape index (κ1) is 8.86. The number of amides is 1. The van der Waals surface area contributed by atoms with Crippen LogP contribution in [0.1, 0.15) is 6.42 Å². The first-order chi connectivity index (χ1) is 6.65. The standard InChI is InChI=1S/C8H9NO5/c1-13-3-4-7(8(11)12)9-5(10)2-6(9)14-4/h3,6-7H,2H2,1H3,(H,11,12)/b4-3+. The number of carbonyl (C=O) groups excluding carboxylic acids is 1. The number of carboxylic acids is 1. The Labute approximate surface area is 79.7 Å². The van der Waals surface area contributed by atoms with Gasteiger partial charge in [-0.15, -0.1) is 0 Å².